The summed E-state index contributed by atoms with van der Waals surface area (Å²) in [6.07, 6.45) is 4.52. The fourth-order valence-corrected chi connectivity index (χ4v) is 4.51. The number of carbonyl (C=O) groups excluding carboxylic acids is 1. The number of thiazole rings is 1. The number of hydrogen-bond acceptors (Lipinski definition) is 5. The van der Waals surface area contributed by atoms with Crippen LogP contribution in [0.5, 0.6) is 0 Å². The van der Waals surface area contributed by atoms with E-state index in [0.717, 1.165) is 53.0 Å². The third-order valence-corrected chi connectivity index (χ3v) is 6.01. The highest BCUT2D eigenvalue weighted by molar-refractivity contribution is 7.13. The number of amides is 1. The Morgan fingerprint density at radius 3 is 2.85 bits per heavy atom. The first-order valence-corrected chi connectivity index (χ1v) is 10.1. The van der Waals surface area contributed by atoms with E-state index in [1.165, 1.54) is 16.9 Å². The standard InChI is InChI=1S/C21H23N3O2S/c1-14-19(27-15(2)23-14)21(25)24-10-6-9-17(13-24)20-22-12-18(26-20)11-16-7-4-3-5-8-16/h3-5,7-8,12,17H,6,9-11,13H2,1-2H3/t17-/m0/s1. The van der Waals surface area contributed by atoms with Crippen molar-refractivity contribution in [2.75, 3.05) is 13.1 Å². The van der Waals surface area contributed by atoms with Crippen LogP contribution in [0.25, 0.3) is 0 Å². The molecule has 5 nitrogen and oxygen atoms in total. The zero-order chi connectivity index (χ0) is 18.8. The van der Waals surface area contributed by atoms with Crippen molar-refractivity contribution in [3.05, 3.63) is 69.3 Å². The van der Waals surface area contributed by atoms with Crippen molar-refractivity contribution in [1.29, 1.82) is 0 Å². The Morgan fingerprint density at radius 2 is 2.11 bits per heavy atom. The number of likely N-dealkylation sites (tertiary alicyclic amines) is 1. The van der Waals surface area contributed by atoms with Crippen LogP contribution < -0.4 is 0 Å². The number of piperidine rings is 1. The summed E-state index contributed by atoms with van der Waals surface area (Å²) < 4.78 is 6.03. The van der Waals surface area contributed by atoms with E-state index in [1.807, 2.05) is 43.1 Å². The SMILES string of the molecule is Cc1nc(C)c(C(=O)N2CCC[C@H](c3ncc(Cc4ccccc4)o3)C2)s1. The van der Waals surface area contributed by atoms with E-state index < -0.39 is 0 Å². The maximum atomic E-state index is 12.9. The highest BCUT2D eigenvalue weighted by atomic mass is 32.1. The lowest BCUT2D eigenvalue weighted by Gasteiger charge is -2.31. The van der Waals surface area contributed by atoms with Gasteiger partial charge >= 0.3 is 0 Å². The molecule has 1 aromatic carbocycles. The molecule has 3 heterocycles. The smallest absolute Gasteiger partial charge is 0.265 e. The predicted molar refractivity (Wildman–Crippen MR) is 105 cm³/mol. The van der Waals surface area contributed by atoms with Gasteiger partial charge in [-0.3, -0.25) is 4.79 Å². The van der Waals surface area contributed by atoms with E-state index >= 15 is 0 Å². The Morgan fingerprint density at radius 1 is 1.30 bits per heavy atom. The number of oxazole rings is 1. The number of carbonyl (C=O) groups is 1. The summed E-state index contributed by atoms with van der Waals surface area (Å²) in [6.45, 7) is 5.28. The number of benzene rings is 1. The first-order chi connectivity index (χ1) is 13.1. The van der Waals surface area contributed by atoms with Crippen molar-refractivity contribution in [2.24, 2.45) is 0 Å². The van der Waals surface area contributed by atoms with Gasteiger partial charge in [-0.1, -0.05) is 30.3 Å². The van der Waals surface area contributed by atoms with E-state index in [9.17, 15) is 4.79 Å². The molecule has 1 fully saturated rings. The van der Waals surface area contributed by atoms with Crippen LogP contribution in [0.1, 0.15) is 56.3 Å². The quantitative estimate of drug-likeness (QED) is 0.674. The molecular formula is C21H23N3O2S. The van der Waals surface area contributed by atoms with Crippen molar-refractivity contribution < 1.29 is 9.21 Å². The average Bonchev–Trinajstić information content (AvgIpc) is 3.28. The number of aromatic nitrogens is 2. The molecule has 0 unspecified atom stereocenters. The zero-order valence-corrected chi connectivity index (χ0v) is 16.5. The maximum absolute atomic E-state index is 12.9. The van der Waals surface area contributed by atoms with Gasteiger partial charge in [0.2, 0.25) is 0 Å². The van der Waals surface area contributed by atoms with E-state index in [2.05, 4.69) is 22.1 Å². The van der Waals surface area contributed by atoms with E-state index in [4.69, 9.17) is 4.42 Å². The number of rotatable bonds is 4. The minimum absolute atomic E-state index is 0.0823. The summed E-state index contributed by atoms with van der Waals surface area (Å²) in [4.78, 5) is 24.5. The Kier molecular flexibility index (Phi) is 5.07. The van der Waals surface area contributed by atoms with Crippen LogP contribution in [-0.4, -0.2) is 33.9 Å². The average molecular weight is 382 g/mol. The molecule has 0 N–H and O–H groups in total. The van der Waals surface area contributed by atoms with Crippen LogP contribution in [0.4, 0.5) is 0 Å². The van der Waals surface area contributed by atoms with Gasteiger partial charge < -0.3 is 9.32 Å². The molecule has 1 aliphatic heterocycles. The summed E-state index contributed by atoms with van der Waals surface area (Å²) >= 11 is 1.48. The summed E-state index contributed by atoms with van der Waals surface area (Å²) in [6, 6.07) is 10.2. The lowest BCUT2D eigenvalue weighted by molar-refractivity contribution is 0.0702. The zero-order valence-electron chi connectivity index (χ0n) is 15.6. The van der Waals surface area contributed by atoms with Crippen molar-refractivity contribution in [1.82, 2.24) is 14.9 Å². The largest absolute Gasteiger partial charge is 0.445 e. The van der Waals surface area contributed by atoms with Crippen LogP contribution >= 0.6 is 11.3 Å². The van der Waals surface area contributed by atoms with Crippen molar-refractivity contribution >= 4 is 17.2 Å². The molecule has 0 spiro atoms. The minimum atomic E-state index is 0.0823. The van der Waals surface area contributed by atoms with Gasteiger partial charge in [0.1, 0.15) is 10.6 Å². The Hall–Kier alpha value is -2.47. The fourth-order valence-electron chi connectivity index (χ4n) is 3.63. The van der Waals surface area contributed by atoms with Crippen molar-refractivity contribution in [3.8, 4) is 0 Å². The second-order valence-electron chi connectivity index (χ2n) is 7.06. The van der Waals surface area contributed by atoms with Crippen LogP contribution in [0.3, 0.4) is 0 Å². The Balaban J connectivity index is 1.45. The molecule has 0 aliphatic carbocycles. The number of aryl methyl sites for hydroxylation is 2. The molecular weight excluding hydrogens is 358 g/mol. The normalized spacial score (nSPS) is 17.3. The van der Waals surface area contributed by atoms with Crippen LogP contribution in [0.15, 0.2) is 40.9 Å². The first-order valence-electron chi connectivity index (χ1n) is 9.32. The molecule has 140 valence electrons. The molecule has 3 aromatic rings. The molecule has 0 radical (unpaired) electrons. The fraction of sp³-hybridized carbons (Fsp3) is 0.381. The molecule has 6 heteroatoms. The molecule has 1 atom stereocenters. The molecule has 1 saturated heterocycles. The lowest BCUT2D eigenvalue weighted by Crippen LogP contribution is -2.39. The minimum Gasteiger partial charge on any atom is -0.445 e. The van der Waals surface area contributed by atoms with Crippen LogP contribution in [-0.2, 0) is 6.42 Å². The Bertz CT molecular complexity index is 932. The van der Waals surface area contributed by atoms with Crippen molar-refractivity contribution in [2.45, 2.75) is 39.0 Å². The van der Waals surface area contributed by atoms with E-state index in [-0.39, 0.29) is 11.8 Å². The van der Waals surface area contributed by atoms with Gasteiger partial charge in [-0.25, -0.2) is 9.97 Å². The predicted octanol–water partition coefficient (Wildman–Crippen LogP) is 4.36. The highest BCUT2D eigenvalue weighted by Gasteiger charge is 2.30. The maximum Gasteiger partial charge on any atom is 0.265 e. The number of nitrogens with zero attached hydrogens (tertiary/aromatic N) is 3. The van der Waals surface area contributed by atoms with Gasteiger partial charge in [0, 0.05) is 19.5 Å². The summed E-state index contributed by atoms with van der Waals surface area (Å²) in [5.74, 6) is 1.85. The molecule has 1 aliphatic rings. The van der Waals surface area contributed by atoms with Gasteiger partial charge in [-0.2, -0.15) is 0 Å². The van der Waals surface area contributed by atoms with Gasteiger partial charge in [-0.15, -0.1) is 11.3 Å². The van der Waals surface area contributed by atoms with Crippen LogP contribution in [0.2, 0.25) is 0 Å². The summed E-state index contributed by atoms with van der Waals surface area (Å²) in [7, 11) is 0. The second-order valence-corrected chi connectivity index (χ2v) is 8.27. The van der Waals surface area contributed by atoms with Crippen LogP contribution in [0, 0.1) is 13.8 Å². The third kappa shape index (κ3) is 3.95. The molecule has 4 rings (SSSR count). The molecule has 1 amide bonds. The molecule has 0 bridgehead atoms. The van der Waals surface area contributed by atoms with Crippen molar-refractivity contribution in [3.63, 3.8) is 0 Å². The van der Waals surface area contributed by atoms with E-state index in [0.29, 0.717) is 6.54 Å². The first kappa shape index (κ1) is 17.9. The topological polar surface area (TPSA) is 59.2 Å². The second kappa shape index (κ2) is 7.64. The van der Waals surface area contributed by atoms with Gasteiger partial charge in [0.25, 0.3) is 5.91 Å². The molecule has 2 aromatic heterocycles. The Labute approximate surface area is 163 Å². The highest BCUT2D eigenvalue weighted by Crippen LogP contribution is 2.29. The molecule has 0 saturated carbocycles. The van der Waals surface area contributed by atoms with Gasteiger partial charge in [0.15, 0.2) is 5.89 Å². The monoisotopic (exact) mass is 381 g/mol. The van der Waals surface area contributed by atoms with Gasteiger partial charge in [-0.05, 0) is 32.3 Å². The third-order valence-electron chi connectivity index (χ3n) is 4.95. The summed E-state index contributed by atoms with van der Waals surface area (Å²) in [5, 5.41) is 0.933. The van der Waals surface area contributed by atoms with E-state index in [1.54, 1.807) is 0 Å². The molecule has 27 heavy (non-hydrogen) atoms. The summed E-state index contributed by atoms with van der Waals surface area (Å²) in [5.41, 5.74) is 2.03. The lowest BCUT2D eigenvalue weighted by atomic mass is 9.98. The number of hydrogen-bond donors (Lipinski definition) is 0. The van der Waals surface area contributed by atoms with Gasteiger partial charge in [0.05, 0.1) is 22.8 Å².